The smallest absolute Gasteiger partial charge is 0.0716 e. The van der Waals surface area contributed by atoms with Gasteiger partial charge in [0.05, 0.1) is 14.5 Å². The minimum atomic E-state index is 0.328. The third-order valence-corrected chi connectivity index (χ3v) is 2.03. The number of rotatable bonds is 3. The van der Waals surface area contributed by atoms with Crippen molar-refractivity contribution >= 4 is 7.85 Å². The molecule has 3 heteroatoms. The van der Waals surface area contributed by atoms with Gasteiger partial charge in [0.1, 0.15) is 0 Å². The van der Waals surface area contributed by atoms with E-state index in [0.29, 0.717) is 11.7 Å². The second-order valence-electron chi connectivity index (χ2n) is 3.18. The van der Waals surface area contributed by atoms with Gasteiger partial charge in [-0.25, -0.2) is 0 Å². The van der Waals surface area contributed by atoms with Crippen LogP contribution in [0.5, 0.6) is 0 Å². The van der Waals surface area contributed by atoms with Crippen molar-refractivity contribution in [3.8, 4) is 0 Å². The average Bonchev–Trinajstić information content (AvgIpc) is 2.01. The van der Waals surface area contributed by atoms with Gasteiger partial charge in [-0.2, -0.15) is 0 Å². The molecule has 2 nitrogen and oxygen atoms in total. The van der Waals surface area contributed by atoms with Crippen LogP contribution in [0.4, 0.5) is 0 Å². The molecule has 2 atom stereocenters. The van der Waals surface area contributed by atoms with Crippen molar-refractivity contribution in [1.82, 2.24) is 5.32 Å². The van der Waals surface area contributed by atoms with Crippen molar-refractivity contribution in [2.24, 2.45) is 5.92 Å². The molecule has 0 aromatic carbocycles. The number of nitrogens with one attached hydrogen (secondary N) is 1. The van der Waals surface area contributed by atoms with Crippen LogP contribution >= 0.6 is 0 Å². The van der Waals surface area contributed by atoms with Gasteiger partial charge in [-0.3, -0.25) is 0 Å². The van der Waals surface area contributed by atoms with Crippen molar-refractivity contribution in [2.45, 2.75) is 19.2 Å². The molecular formula is C8H16BNO. The summed E-state index contributed by atoms with van der Waals surface area (Å²) in [6.07, 6.45) is 1.10. The highest BCUT2D eigenvalue weighted by molar-refractivity contribution is 6.11. The highest BCUT2D eigenvalue weighted by Crippen LogP contribution is 2.17. The molecule has 0 aromatic rings. The first-order chi connectivity index (χ1) is 5.33. The molecule has 11 heavy (non-hydrogen) atoms. The Bertz CT molecular complexity index is 110. The van der Waals surface area contributed by atoms with Gasteiger partial charge in [-0.05, 0) is 19.4 Å². The molecule has 62 valence electrons. The standard InChI is InChI=1S/C8H16BNO/c1-2-11-6-7-3-8(9)5-10-4-7/h7-8,10H,2-6H2,1H3. The van der Waals surface area contributed by atoms with Crippen molar-refractivity contribution < 1.29 is 4.74 Å². The van der Waals surface area contributed by atoms with Crippen molar-refractivity contribution in [1.29, 1.82) is 0 Å². The summed E-state index contributed by atoms with van der Waals surface area (Å²) in [5, 5.41) is 3.29. The van der Waals surface area contributed by atoms with Crippen LogP contribution in [0.2, 0.25) is 5.82 Å². The zero-order valence-corrected chi connectivity index (χ0v) is 7.18. The summed E-state index contributed by atoms with van der Waals surface area (Å²) in [4.78, 5) is 0. The van der Waals surface area contributed by atoms with E-state index in [-0.39, 0.29) is 0 Å². The van der Waals surface area contributed by atoms with E-state index in [1.54, 1.807) is 0 Å². The molecule has 0 spiro atoms. The number of ether oxygens (including phenoxy) is 1. The minimum absolute atomic E-state index is 0.328. The molecule has 1 aliphatic rings. The quantitative estimate of drug-likeness (QED) is 0.599. The third-order valence-electron chi connectivity index (χ3n) is 2.03. The molecule has 1 N–H and O–H groups in total. The second-order valence-corrected chi connectivity index (χ2v) is 3.18. The van der Waals surface area contributed by atoms with Crippen molar-refractivity contribution in [3.05, 3.63) is 0 Å². The first kappa shape index (κ1) is 9.08. The molecular weight excluding hydrogens is 137 g/mol. The van der Waals surface area contributed by atoms with Gasteiger partial charge >= 0.3 is 0 Å². The minimum Gasteiger partial charge on any atom is -0.381 e. The fourth-order valence-corrected chi connectivity index (χ4v) is 1.48. The van der Waals surface area contributed by atoms with Gasteiger partial charge in [0.2, 0.25) is 0 Å². The van der Waals surface area contributed by atoms with E-state index in [9.17, 15) is 0 Å². The van der Waals surface area contributed by atoms with Gasteiger partial charge in [0, 0.05) is 13.2 Å². The van der Waals surface area contributed by atoms with Crippen LogP contribution in [0.15, 0.2) is 0 Å². The Balaban J connectivity index is 2.12. The SMILES string of the molecule is [B]C1CNCC(COCC)C1. The Morgan fingerprint density at radius 3 is 3.00 bits per heavy atom. The van der Waals surface area contributed by atoms with E-state index >= 15 is 0 Å². The van der Waals surface area contributed by atoms with Gasteiger partial charge in [0.15, 0.2) is 0 Å². The Labute approximate surface area is 70.1 Å². The summed E-state index contributed by atoms with van der Waals surface area (Å²) in [6, 6.07) is 0. The van der Waals surface area contributed by atoms with Crippen LogP contribution in [0.25, 0.3) is 0 Å². The molecule has 0 aromatic heterocycles. The normalized spacial score (nSPS) is 32.1. The monoisotopic (exact) mass is 153 g/mol. The molecule has 0 bridgehead atoms. The number of hydrogen-bond acceptors (Lipinski definition) is 2. The van der Waals surface area contributed by atoms with E-state index in [1.807, 2.05) is 6.92 Å². The Kier molecular flexibility index (Phi) is 3.94. The van der Waals surface area contributed by atoms with Gasteiger partial charge < -0.3 is 10.1 Å². The average molecular weight is 153 g/mol. The summed E-state index contributed by atoms with van der Waals surface area (Å²) >= 11 is 0. The fraction of sp³-hybridized carbons (Fsp3) is 1.00. The molecule has 1 fully saturated rings. The highest BCUT2D eigenvalue weighted by Gasteiger charge is 2.17. The molecule has 1 rings (SSSR count). The van der Waals surface area contributed by atoms with Crippen LogP contribution in [0.3, 0.4) is 0 Å². The Hall–Kier alpha value is -0.0151. The van der Waals surface area contributed by atoms with E-state index in [1.165, 1.54) is 0 Å². The maximum atomic E-state index is 5.78. The van der Waals surface area contributed by atoms with Crippen LogP contribution in [-0.2, 0) is 4.74 Å². The molecule has 0 saturated carbocycles. The number of piperidine rings is 1. The zero-order valence-electron chi connectivity index (χ0n) is 7.18. The zero-order chi connectivity index (χ0) is 8.10. The van der Waals surface area contributed by atoms with Crippen molar-refractivity contribution in [2.75, 3.05) is 26.3 Å². The summed E-state index contributed by atoms with van der Waals surface area (Å²) in [7, 11) is 5.78. The lowest BCUT2D eigenvalue weighted by atomic mass is 9.77. The molecule has 1 aliphatic heterocycles. The van der Waals surface area contributed by atoms with Crippen molar-refractivity contribution in [3.63, 3.8) is 0 Å². The fourth-order valence-electron chi connectivity index (χ4n) is 1.48. The maximum Gasteiger partial charge on any atom is 0.0716 e. The molecule has 2 unspecified atom stereocenters. The summed E-state index contributed by atoms with van der Waals surface area (Å²) in [5.41, 5.74) is 0. The van der Waals surface area contributed by atoms with Gasteiger partial charge in [-0.1, -0.05) is 12.2 Å². The molecule has 1 heterocycles. The lowest BCUT2D eigenvalue weighted by Gasteiger charge is -2.27. The lowest BCUT2D eigenvalue weighted by Crippen LogP contribution is -2.35. The third kappa shape index (κ3) is 3.26. The largest absolute Gasteiger partial charge is 0.381 e. The van der Waals surface area contributed by atoms with Gasteiger partial charge in [-0.15, -0.1) is 0 Å². The van der Waals surface area contributed by atoms with Crippen LogP contribution < -0.4 is 5.32 Å². The molecule has 0 amide bonds. The van der Waals surface area contributed by atoms with E-state index in [2.05, 4.69) is 5.32 Å². The first-order valence-corrected chi connectivity index (χ1v) is 4.37. The van der Waals surface area contributed by atoms with Crippen LogP contribution in [-0.4, -0.2) is 34.1 Å². The van der Waals surface area contributed by atoms with Crippen LogP contribution in [0.1, 0.15) is 13.3 Å². The summed E-state index contributed by atoms with van der Waals surface area (Å²) in [5.74, 6) is 0.952. The molecule has 2 radical (unpaired) electrons. The molecule has 1 saturated heterocycles. The lowest BCUT2D eigenvalue weighted by molar-refractivity contribution is 0.1000. The maximum absolute atomic E-state index is 5.78. The predicted molar refractivity (Wildman–Crippen MR) is 47.0 cm³/mol. The number of hydrogen-bond donors (Lipinski definition) is 1. The Morgan fingerprint density at radius 1 is 1.55 bits per heavy atom. The van der Waals surface area contributed by atoms with E-state index in [4.69, 9.17) is 12.6 Å². The summed E-state index contributed by atoms with van der Waals surface area (Å²) < 4.78 is 5.33. The summed E-state index contributed by atoms with van der Waals surface area (Å²) in [6.45, 7) is 5.72. The second kappa shape index (κ2) is 4.78. The molecule has 0 aliphatic carbocycles. The first-order valence-electron chi connectivity index (χ1n) is 4.37. The Morgan fingerprint density at radius 2 is 2.36 bits per heavy atom. The van der Waals surface area contributed by atoms with Crippen LogP contribution in [0, 0.1) is 5.92 Å². The topological polar surface area (TPSA) is 21.3 Å². The van der Waals surface area contributed by atoms with Gasteiger partial charge in [0.25, 0.3) is 0 Å². The predicted octanol–water partition coefficient (Wildman–Crippen LogP) is 0.589. The van der Waals surface area contributed by atoms with E-state index < -0.39 is 0 Å². The highest BCUT2D eigenvalue weighted by atomic mass is 16.5. The van der Waals surface area contributed by atoms with E-state index in [0.717, 1.165) is 32.7 Å².